The first-order valence-corrected chi connectivity index (χ1v) is 18.4. The van der Waals surface area contributed by atoms with Crippen molar-refractivity contribution in [1.29, 1.82) is 0 Å². The van der Waals surface area contributed by atoms with Crippen LogP contribution in [0.1, 0.15) is 66.0 Å². The highest BCUT2D eigenvalue weighted by Crippen LogP contribution is 2.55. The summed E-state index contributed by atoms with van der Waals surface area (Å²) in [6.45, 7) is 0. The smallest absolute Gasteiger partial charge is 0.133 e. The first kappa shape index (κ1) is 28.9. The Labute approximate surface area is 298 Å². The molecule has 1 N–H and O–H groups in total. The minimum Gasteiger partial charge on any atom is -0.457 e. The van der Waals surface area contributed by atoms with Crippen molar-refractivity contribution in [1.82, 2.24) is 0 Å². The third kappa shape index (κ3) is 4.28. The van der Waals surface area contributed by atoms with Crippen LogP contribution in [-0.2, 0) is 5.41 Å². The third-order valence-electron chi connectivity index (χ3n) is 12.0. The van der Waals surface area contributed by atoms with E-state index in [1.165, 1.54) is 98.5 Å². The zero-order valence-electron chi connectivity index (χ0n) is 28.3. The molecule has 1 atom stereocenters. The van der Waals surface area contributed by atoms with E-state index < -0.39 is 0 Å². The van der Waals surface area contributed by atoms with E-state index in [2.05, 4.69) is 151 Å². The molecule has 2 heterocycles. The summed E-state index contributed by atoms with van der Waals surface area (Å²) in [5, 5.41) is 6.30. The highest BCUT2D eigenvalue weighted by atomic mass is 16.5. The molecule has 0 saturated heterocycles. The lowest BCUT2D eigenvalue weighted by molar-refractivity contribution is 0.306. The highest BCUT2D eigenvalue weighted by molar-refractivity contribution is 6.16. The van der Waals surface area contributed by atoms with Crippen LogP contribution in [0.4, 0.5) is 5.69 Å². The van der Waals surface area contributed by atoms with Crippen molar-refractivity contribution in [3.63, 3.8) is 0 Å². The van der Waals surface area contributed by atoms with Crippen LogP contribution in [0.15, 0.2) is 151 Å². The van der Waals surface area contributed by atoms with Gasteiger partial charge in [0.2, 0.25) is 0 Å². The maximum absolute atomic E-state index is 6.51. The second-order valence-corrected chi connectivity index (χ2v) is 14.6. The second-order valence-electron chi connectivity index (χ2n) is 14.6. The van der Waals surface area contributed by atoms with Gasteiger partial charge in [-0.25, -0.2) is 0 Å². The number of nitrogens with zero attached hydrogens (tertiary/aromatic N) is 1. The molecular weight excluding hydrogens is 621 g/mol. The van der Waals surface area contributed by atoms with Crippen LogP contribution < -0.4 is 10.1 Å². The highest BCUT2D eigenvalue weighted by Gasteiger charge is 2.43. The SMILES string of the molecule is c1ccc2c(c1)NC(c1ccc(-c3ccc4c(c3)C3(CCCCC3)c3ccccc3O4)cc1)=NC2c1ccc2c3c(cccc13)-c1ccccc1-2. The van der Waals surface area contributed by atoms with E-state index in [0.717, 1.165) is 28.6 Å². The Morgan fingerprint density at radius 1 is 0.529 bits per heavy atom. The lowest BCUT2D eigenvalue weighted by Gasteiger charge is -2.43. The van der Waals surface area contributed by atoms with Gasteiger partial charge in [0.25, 0.3) is 0 Å². The number of rotatable bonds is 3. The number of aliphatic imine (C=N–C) groups is 1. The van der Waals surface area contributed by atoms with Crippen LogP contribution in [0.25, 0.3) is 44.2 Å². The van der Waals surface area contributed by atoms with Crippen molar-refractivity contribution < 1.29 is 4.74 Å². The van der Waals surface area contributed by atoms with Crippen molar-refractivity contribution in [2.75, 3.05) is 5.32 Å². The number of anilines is 1. The molecule has 0 radical (unpaired) electrons. The zero-order valence-corrected chi connectivity index (χ0v) is 28.3. The Balaban J connectivity index is 0.978. The van der Waals surface area contributed by atoms with Gasteiger partial charge in [-0.15, -0.1) is 0 Å². The molecule has 4 aliphatic rings. The molecule has 1 saturated carbocycles. The fraction of sp³-hybridized carbons (Fsp3) is 0.146. The lowest BCUT2D eigenvalue weighted by atomic mass is 9.63. The molecule has 3 heteroatoms. The molecule has 1 unspecified atom stereocenters. The van der Waals surface area contributed by atoms with Crippen molar-refractivity contribution in [3.8, 4) is 44.9 Å². The topological polar surface area (TPSA) is 33.6 Å². The van der Waals surface area contributed by atoms with Gasteiger partial charge in [-0.1, -0.05) is 141 Å². The summed E-state index contributed by atoms with van der Waals surface area (Å²) in [4.78, 5) is 5.47. The number of hydrogen-bond donors (Lipinski definition) is 1. The number of nitrogens with one attached hydrogen (secondary N) is 1. The molecule has 0 amide bonds. The minimum atomic E-state index is -0.125. The Morgan fingerprint density at radius 2 is 1.22 bits per heavy atom. The second kappa shape index (κ2) is 11.0. The third-order valence-corrected chi connectivity index (χ3v) is 12.0. The van der Waals surface area contributed by atoms with Gasteiger partial charge < -0.3 is 10.1 Å². The molecule has 0 aromatic heterocycles. The first-order valence-electron chi connectivity index (χ1n) is 18.4. The fourth-order valence-electron chi connectivity index (χ4n) is 9.56. The number of benzene rings is 7. The number of fused-ring (bicyclic) bond motifs is 8. The predicted molar refractivity (Wildman–Crippen MR) is 209 cm³/mol. The van der Waals surface area contributed by atoms with E-state index in [-0.39, 0.29) is 11.5 Å². The van der Waals surface area contributed by atoms with Gasteiger partial charge in [0.15, 0.2) is 0 Å². The van der Waals surface area contributed by atoms with Crippen molar-refractivity contribution >= 4 is 22.3 Å². The van der Waals surface area contributed by atoms with Crippen LogP contribution in [0.5, 0.6) is 11.5 Å². The molecule has 1 spiro atoms. The van der Waals surface area contributed by atoms with Crippen molar-refractivity contribution in [3.05, 3.63) is 173 Å². The summed E-state index contributed by atoms with van der Waals surface area (Å²) in [5.41, 5.74) is 15.0. The van der Waals surface area contributed by atoms with Gasteiger partial charge in [-0.05, 0) is 86.8 Å². The van der Waals surface area contributed by atoms with Crippen LogP contribution >= 0.6 is 0 Å². The molecular formula is C48H36N2O. The molecule has 2 aliphatic heterocycles. The summed E-state index contributed by atoms with van der Waals surface area (Å²) < 4.78 is 6.51. The van der Waals surface area contributed by atoms with E-state index in [9.17, 15) is 0 Å². The van der Waals surface area contributed by atoms with Crippen LogP contribution in [-0.4, -0.2) is 5.84 Å². The van der Waals surface area contributed by atoms with E-state index in [1.54, 1.807) is 0 Å². The molecule has 7 aromatic rings. The standard InChI is InChI=1S/C48H36N2O/c1-8-27-48(28-9-1)40-16-5-7-18-43(40)51-44-26-23-32(29-41(44)48)30-19-21-31(22-20-30)47-49-42-17-6-4-13-39(42)46(50-47)38-25-24-37-34-12-3-2-11-33(34)35-14-10-15-36(38)45(35)37/h2-7,10-26,29,46H,1,8-9,27-28H2,(H,49,50). The summed E-state index contributed by atoms with van der Waals surface area (Å²) >= 11 is 0. The van der Waals surface area contributed by atoms with Crippen molar-refractivity contribution in [2.45, 2.75) is 43.6 Å². The van der Waals surface area contributed by atoms with Gasteiger partial charge in [0, 0.05) is 33.4 Å². The number of hydrogen-bond acceptors (Lipinski definition) is 3. The first-order chi connectivity index (χ1) is 25.2. The molecule has 0 bridgehead atoms. The van der Waals surface area contributed by atoms with Gasteiger partial charge in [0.05, 0.1) is 0 Å². The normalized spacial score (nSPS) is 17.4. The van der Waals surface area contributed by atoms with Crippen molar-refractivity contribution in [2.24, 2.45) is 4.99 Å². The number of para-hydroxylation sites is 2. The van der Waals surface area contributed by atoms with Gasteiger partial charge in [0.1, 0.15) is 23.4 Å². The number of amidine groups is 1. The van der Waals surface area contributed by atoms with E-state index in [1.807, 2.05) is 0 Å². The Bertz CT molecular complexity index is 2540. The molecule has 2 aliphatic carbocycles. The number of ether oxygens (including phenoxy) is 1. The van der Waals surface area contributed by atoms with E-state index in [0.29, 0.717) is 0 Å². The molecule has 11 rings (SSSR count). The minimum absolute atomic E-state index is 0.0208. The molecule has 51 heavy (non-hydrogen) atoms. The van der Waals surface area contributed by atoms with Crippen LogP contribution in [0.3, 0.4) is 0 Å². The molecule has 3 nitrogen and oxygen atoms in total. The molecule has 1 fully saturated rings. The van der Waals surface area contributed by atoms with E-state index in [4.69, 9.17) is 9.73 Å². The average molecular weight is 657 g/mol. The largest absolute Gasteiger partial charge is 0.457 e. The van der Waals surface area contributed by atoms with Gasteiger partial charge in [-0.2, -0.15) is 0 Å². The van der Waals surface area contributed by atoms with Gasteiger partial charge in [-0.3, -0.25) is 4.99 Å². The van der Waals surface area contributed by atoms with Gasteiger partial charge >= 0.3 is 0 Å². The Kier molecular flexibility index (Phi) is 6.25. The van der Waals surface area contributed by atoms with Crippen LogP contribution in [0.2, 0.25) is 0 Å². The maximum atomic E-state index is 6.51. The summed E-state index contributed by atoms with van der Waals surface area (Å²) in [6.07, 6.45) is 6.15. The maximum Gasteiger partial charge on any atom is 0.133 e. The lowest BCUT2D eigenvalue weighted by Crippen LogP contribution is -2.33. The summed E-state index contributed by atoms with van der Waals surface area (Å²) in [7, 11) is 0. The Morgan fingerprint density at radius 3 is 2.08 bits per heavy atom. The average Bonchev–Trinajstić information content (AvgIpc) is 3.53. The summed E-state index contributed by atoms with van der Waals surface area (Å²) in [6, 6.07) is 53.0. The zero-order chi connectivity index (χ0) is 33.5. The van der Waals surface area contributed by atoms with Crippen LogP contribution in [0, 0.1) is 0 Å². The van der Waals surface area contributed by atoms with E-state index >= 15 is 0 Å². The quantitative estimate of drug-likeness (QED) is 0.205. The fourth-order valence-corrected chi connectivity index (χ4v) is 9.56. The molecule has 244 valence electrons. The monoisotopic (exact) mass is 656 g/mol. The predicted octanol–water partition coefficient (Wildman–Crippen LogP) is 12.5. The summed E-state index contributed by atoms with van der Waals surface area (Å²) in [5.74, 6) is 2.92. The molecule has 7 aromatic carbocycles. The Hall–Kier alpha value is -5.93.